The molecule has 7 atom stereocenters. The van der Waals surface area contributed by atoms with Crippen molar-refractivity contribution in [3.8, 4) is 5.75 Å². The Balaban J connectivity index is 0.000000775. The van der Waals surface area contributed by atoms with Gasteiger partial charge in [-0.15, -0.1) is 0 Å². The topological polar surface area (TPSA) is 67.9 Å². The van der Waals surface area contributed by atoms with E-state index in [1.165, 1.54) is 17.5 Å². The third kappa shape index (κ3) is 7.68. The van der Waals surface area contributed by atoms with E-state index in [9.17, 15) is 9.00 Å². The average Bonchev–Trinajstić information content (AvgIpc) is 3.18. The standard InChI is InChI=1S/C33H41ClN2O4S.C5H12/c1-21-6-4-8-30(39-3)27-12-9-25(27)18-36-19-33(15-5-7-23-16-26(34)11-13-28(23)33)20-40-31-14-10-24(17-29(31)36)32(37)35-41(38)22(21)2;1-4-5(2)3/h4,8,10-11,13-14,16-17,21-22,25,27,30H,5-7,9,12,15,18-20H2,1-3H3,(H,35,37);5H,4H2,1-3H3/b8-4+;/t21?,22?,25?,27?,30?,33-,41?;/m0./s1. The maximum Gasteiger partial charge on any atom is 0.263 e. The van der Waals surface area contributed by atoms with E-state index in [1.807, 2.05) is 25.1 Å². The Kier molecular flexibility index (Phi) is 11.6. The van der Waals surface area contributed by atoms with Crippen molar-refractivity contribution in [2.45, 2.75) is 96.3 Å². The molecule has 2 heterocycles. The van der Waals surface area contributed by atoms with Crippen molar-refractivity contribution in [2.75, 3.05) is 31.7 Å². The summed E-state index contributed by atoms with van der Waals surface area (Å²) >= 11 is 6.41. The largest absolute Gasteiger partial charge is 0.490 e. The van der Waals surface area contributed by atoms with E-state index < -0.39 is 11.0 Å². The first-order chi connectivity index (χ1) is 22.0. The maximum absolute atomic E-state index is 13.3. The molecule has 0 aromatic heterocycles. The molecule has 252 valence electrons. The van der Waals surface area contributed by atoms with Crippen molar-refractivity contribution in [1.82, 2.24) is 4.72 Å². The molecular weight excluding hydrogens is 616 g/mol. The van der Waals surface area contributed by atoms with Crippen LogP contribution in [0.4, 0.5) is 5.69 Å². The molecule has 2 aromatic rings. The number of amides is 1. The van der Waals surface area contributed by atoms with Crippen LogP contribution in [0.15, 0.2) is 48.6 Å². The van der Waals surface area contributed by atoms with Gasteiger partial charge in [0.1, 0.15) is 16.7 Å². The second kappa shape index (κ2) is 15.3. The third-order valence-corrected chi connectivity index (χ3v) is 12.7. The first-order valence-electron chi connectivity index (χ1n) is 17.3. The first-order valence-corrected chi connectivity index (χ1v) is 18.9. The molecule has 1 amide bonds. The van der Waals surface area contributed by atoms with Gasteiger partial charge in [0, 0.05) is 36.2 Å². The van der Waals surface area contributed by atoms with Crippen molar-refractivity contribution in [3.63, 3.8) is 0 Å². The summed E-state index contributed by atoms with van der Waals surface area (Å²) in [5.74, 6) is 2.41. The van der Waals surface area contributed by atoms with Crippen LogP contribution in [0.1, 0.15) is 94.6 Å². The van der Waals surface area contributed by atoms with Crippen molar-refractivity contribution in [3.05, 3.63) is 70.3 Å². The Bertz CT molecular complexity index is 1430. The average molecular weight is 669 g/mol. The molecule has 1 N–H and O–H groups in total. The number of methoxy groups -OCH3 is 1. The second-order valence-corrected chi connectivity index (χ2v) is 16.3. The van der Waals surface area contributed by atoms with Gasteiger partial charge in [-0.1, -0.05) is 63.9 Å². The lowest BCUT2D eigenvalue weighted by molar-refractivity contribution is 0.0131. The Morgan fingerprint density at radius 1 is 1.17 bits per heavy atom. The van der Waals surface area contributed by atoms with Crippen molar-refractivity contribution in [2.24, 2.45) is 23.7 Å². The van der Waals surface area contributed by atoms with Gasteiger partial charge in [-0.3, -0.25) is 9.52 Å². The summed E-state index contributed by atoms with van der Waals surface area (Å²) in [5.41, 5.74) is 3.90. The van der Waals surface area contributed by atoms with Crippen LogP contribution >= 0.6 is 11.6 Å². The molecule has 1 saturated carbocycles. The predicted octanol–water partition coefficient (Wildman–Crippen LogP) is 8.28. The van der Waals surface area contributed by atoms with Crippen LogP contribution in [0, 0.1) is 23.7 Å². The summed E-state index contributed by atoms with van der Waals surface area (Å²) in [7, 11) is 0.305. The molecular formula is C38H53ClN2O4S. The molecule has 0 radical (unpaired) electrons. The Labute approximate surface area is 284 Å². The van der Waals surface area contributed by atoms with E-state index in [0.29, 0.717) is 24.0 Å². The molecule has 6 nitrogen and oxygen atoms in total. The lowest BCUT2D eigenvalue weighted by Gasteiger charge is -2.46. The number of ether oxygens (including phenoxy) is 2. The minimum absolute atomic E-state index is 0.0508. The SMILES string of the molecule is CCC(C)C.COC1/C=C/CC(C)C(C)S(=O)NC(=O)c2ccc3c(c2)N(CC2CCC21)C[C@@]1(CCCc2cc(Cl)ccc21)CO3. The van der Waals surface area contributed by atoms with Gasteiger partial charge >= 0.3 is 0 Å². The van der Waals surface area contributed by atoms with Gasteiger partial charge in [0.25, 0.3) is 5.91 Å². The van der Waals surface area contributed by atoms with Gasteiger partial charge in [0.2, 0.25) is 0 Å². The van der Waals surface area contributed by atoms with E-state index in [1.54, 1.807) is 13.2 Å². The van der Waals surface area contributed by atoms with E-state index in [4.69, 9.17) is 21.1 Å². The van der Waals surface area contributed by atoms with E-state index >= 15 is 0 Å². The summed E-state index contributed by atoms with van der Waals surface area (Å²) in [5, 5.41) is 0.589. The molecule has 0 saturated heterocycles. The van der Waals surface area contributed by atoms with E-state index in [2.05, 4.69) is 61.6 Å². The molecule has 8 heteroatoms. The highest BCUT2D eigenvalue weighted by atomic mass is 35.5. The van der Waals surface area contributed by atoms with Crippen molar-refractivity contribution < 1.29 is 18.5 Å². The normalized spacial score (nSPS) is 31.7. The number of carbonyl (C=O) groups excluding carboxylic acids is 1. The molecule has 2 aromatic carbocycles. The minimum atomic E-state index is -1.50. The number of allylic oxidation sites excluding steroid dienone is 1. The Morgan fingerprint density at radius 3 is 2.65 bits per heavy atom. The highest BCUT2D eigenvalue weighted by Gasteiger charge is 2.44. The summed E-state index contributed by atoms with van der Waals surface area (Å²) in [4.78, 5) is 15.8. The number of rotatable bonds is 2. The van der Waals surface area contributed by atoms with Crippen LogP contribution < -0.4 is 14.4 Å². The van der Waals surface area contributed by atoms with Crippen LogP contribution in [-0.2, 0) is 27.6 Å². The third-order valence-electron chi connectivity index (χ3n) is 10.9. The fraction of sp³-hybridized carbons (Fsp3) is 0.605. The van der Waals surface area contributed by atoms with Gasteiger partial charge in [-0.2, -0.15) is 0 Å². The monoisotopic (exact) mass is 668 g/mol. The zero-order valence-corrected chi connectivity index (χ0v) is 30.1. The number of fused-ring (bicyclic) bond motifs is 4. The lowest BCUT2D eigenvalue weighted by atomic mass is 9.68. The van der Waals surface area contributed by atoms with E-state index in [0.717, 1.165) is 74.0 Å². The summed E-state index contributed by atoms with van der Waals surface area (Å²) < 4.78 is 28.5. The van der Waals surface area contributed by atoms with Crippen LogP contribution in [0.5, 0.6) is 5.75 Å². The Hall–Kier alpha value is -2.35. The number of halogens is 1. The lowest BCUT2D eigenvalue weighted by Crippen LogP contribution is -2.49. The Morgan fingerprint density at radius 2 is 1.96 bits per heavy atom. The highest BCUT2D eigenvalue weighted by Crippen LogP contribution is 2.47. The van der Waals surface area contributed by atoms with Gasteiger partial charge in [0.15, 0.2) is 0 Å². The molecule has 4 aliphatic rings. The number of nitrogens with zero attached hydrogens (tertiary/aromatic N) is 1. The number of nitrogens with one attached hydrogen (secondary N) is 1. The fourth-order valence-electron chi connectivity index (χ4n) is 7.26. The smallest absolute Gasteiger partial charge is 0.263 e. The molecule has 2 bridgehead atoms. The number of aryl methyl sites for hydroxylation is 1. The maximum atomic E-state index is 13.3. The fourth-order valence-corrected chi connectivity index (χ4v) is 8.48. The zero-order valence-electron chi connectivity index (χ0n) is 28.5. The quantitative estimate of drug-likeness (QED) is 0.326. The number of benzene rings is 2. The van der Waals surface area contributed by atoms with Crippen LogP contribution in [0.3, 0.4) is 0 Å². The van der Waals surface area contributed by atoms with Crippen molar-refractivity contribution in [1.29, 1.82) is 0 Å². The summed E-state index contributed by atoms with van der Waals surface area (Å²) in [6.07, 6.45) is 11.9. The van der Waals surface area contributed by atoms with Gasteiger partial charge in [-0.05, 0) is 111 Å². The van der Waals surface area contributed by atoms with Gasteiger partial charge in [0.05, 0.1) is 23.6 Å². The minimum Gasteiger partial charge on any atom is -0.490 e. The zero-order chi connectivity index (χ0) is 33.0. The molecule has 6 unspecified atom stereocenters. The van der Waals surface area contributed by atoms with Gasteiger partial charge in [-0.25, -0.2) is 4.21 Å². The molecule has 2 aliphatic heterocycles. The number of hydrogen-bond acceptors (Lipinski definition) is 5. The number of carbonyl (C=O) groups is 1. The number of hydrogen-bond donors (Lipinski definition) is 1. The molecule has 2 aliphatic carbocycles. The molecule has 1 spiro atoms. The second-order valence-electron chi connectivity index (χ2n) is 14.4. The first kappa shape index (κ1) is 35.0. The molecule has 46 heavy (non-hydrogen) atoms. The van der Waals surface area contributed by atoms with Crippen LogP contribution in [0.25, 0.3) is 0 Å². The molecule has 6 rings (SSSR count). The van der Waals surface area contributed by atoms with Gasteiger partial charge < -0.3 is 14.4 Å². The highest BCUT2D eigenvalue weighted by molar-refractivity contribution is 7.84. The van der Waals surface area contributed by atoms with Crippen LogP contribution in [0.2, 0.25) is 5.02 Å². The summed E-state index contributed by atoms with van der Waals surface area (Å²) in [6.45, 7) is 12.9. The summed E-state index contributed by atoms with van der Waals surface area (Å²) in [6, 6.07) is 12.0. The predicted molar refractivity (Wildman–Crippen MR) is 190 cm³/mol. The van der Waals surface area contributed by atoms with Crippen molar-refractivity contribution >= 4 is 34.2 Å². The number of anilines is 1. The molecule has 1 fully saturated rings. The van der Waals surface area contributed by atoms with E-state index in [-0.39, 0.29) is 28.6 Å². The van der Waals surface area contributed by atoms with Crippen LogP contribution in [-0.4, -0.2) is 48.3 Å².